The molecule has 0 aliphatic carbocycles. The largest absolute Gasteiger partial charge is 0.418 e. The van der Waals surface area contributed by atoms with Gasteiger partial charge >= 0.3 is 6.18 Å². The van der Waals surface area contributed by atoms with Crippen molar-refractivity contribution in [2.24, 2.45) is 0 Å². The number of alkyl halides is 3. The van der Waals surface area contributed by atoms with Crippen molar-refractivity contribution in [3.8, 4) is 0 Å². The number of anilines is 2. The van der Waals surface area contributed by atoms with Crippen molar-refractivity contribution in [3.05, 3.63) is 23.8 Å². The van der Waals surface area contributed by atoms with Crippen molar-refractivity contribution in [2.75, 3.05) is 30.3 Å². The number of hydrogen-bond acceptors (Lipinski definition) is 3. The fourth-order valence-corrected chi connectivity index (χ4v) is 3.73. The summed E-state index contributed by atoms with van der Waals surface area (Å²) in [7, 11) is 0. The van der Waals surface area contributed by atoms with Gasteiger partial charge in [0.15, 0.2) is 0 Å². The third-order valence-corrected chi connectivity index (χ3v) is 4.94. The Hall–Kier alpha value is -1.43. The Balaban J connectivity index is 1.76. The predicted molar refractivity (Wildman–Crippen MR) is 81.9 cm³/mol. The van der Waals surface area contributed by atoms with E-state index >= 15 is 0 Å². The van der Waals surface area contributed by atoms with Gasteiger partial charge in [-0.1, -0.05) is 0 Å². The van der Waals surface area contributed by atoms with Crippen LogP contribution < -0.4 is 10.6 Å². The van der Waals surface area contributed by atoms with Gasteiger partial charge in [-0.05, 0) is 50.9 Å². The summed E-state index contributed by atoms with van der Waals surface area (Å²) in [5, 5.41) is 0. The van der Waals surface area contributed by atoms with E-state index in [4.69, 9.17) is 5.73 Å². The molecule has 0 spiro atoms. The molecule has 2 atom stereocenters. The lowest BCUT2D eigenvalue weighted by Gasteiger charge is -2.28. The van der Waals surface area contributed by atoms with Gasteiger partial charge in [0.2, 0.25) is 0 Å². The van der Waals surface area contributed by atoms with E-state index in [0.29, 0.717) is 17.8 Å². The molecule has 122 valence electrons. The topological polar surface area (TPSA) is 32.5 Å². The molecular weight excluding hydrogens is 291 g/mol. The first kappa shape index (κ1) is 15.5. The zero-order valence-electron chi connectivity index (χ0n) is 12.7. The lowest BCUT2D eigenvalue weighted by molar-refractivity contribution is -0.136. The lowest BCUT2D eigenvalue weighted by atomic mass is 10.1. The average molecular weight is 313 g/mol. The van der Waals surface area contributed by atoms with Crippen molar-refractivity contribution in [1.29, 1.82) is 0 Å². The van der Waals surface area contributed by atoms with E-state index in [1.54, 1.807) is 6.07 Å². The van der Waals surface area contributed by atoms with Gasteiger partial charge in [0.25, 0.3) is 0 Å². The van der Waals surface area contributed by atoms with Gasteiger partial charge in [-0.25, -0.2) is 0 Å². The van der Waals surface area contributed by atoms with E-state index in [1.807, 2.05) is 4.90 Å². The van der Waals surface area contributed by atoms with Gasteiger partial charge in [0.1, 0.15) is 0 Å². The van der Waals surface area contributed by atoms with Gasteiger partial charge in [-0.15, -0.1) is 0 Å². The minimum Gasteiger partial charge on any atom is -0.398 e. The van der Waals surface area contributed by atoms with E-state index in [1.165, 1.54) is 25.0 Å². The third kappa shape index (κ3) is 2.89. The Morgan fingerprint density at radius 1 is 1.18 bits per heavy atom. The zero-order chi connectivity index (χ0) is 15.9. The number of rotatable bonds is 2. The Kier molecular flexibility index (Phi) is 3.97. The maximum atomic E-state index is 13.0. The van der Waals surface area contributed by atoms with Crippen LogP contribution in [-0.2, 0) is 6.18 Å². The molecule has 2 N–H and O–H groups in total. The molecule has 0 saturated carbocycles. The number of halogens is 3. The second kappa shape index (κ2) is 5.65. The van der Waals surface area contributed by atoms with Crippen LogP contribution >= 0.6 is 0 Å². The third-order valence-electron chi connectivity index (χ3n) is 4.94. The standard InChI is InChI=1S/C16H22F3N3/c1-11-3-2-7-22(11)13-6-8-21(10-13)12-4-5-15(20)14(9-12)16(17,18)19/h4-5,9,11,13H,2-3,6-8,10,20H2,1H3. The Morgan fingerprint density at radius 2 is 1.95 bits per heavy atom. The number of nitrogens with zero attached hydrogens (tertiary/aromatic N) is 2. The second-order valence-electron chi connectivity index (χ2n) is 6.39. The van der Waals surface area contributed by atoms with E-state index in [9.17, 15) is 13.2 Å². The summed E-state index contributed by atoms with van der Waals surface area (Å²) in [4.78, 5) is 4.55. The molecular formula is C16H22F3N3. The fourth-order valence-electron chi connectivity index (χ4n) is 3.73. The van der Waals surface area contributed by atoms with Crippen molar-refractivity contribution in [2.45, 2.75) is 44.4 Å². The van der Waals surface area contributed by atoms with Crippen LogP contribution in [0.5, 0.6) is 0 Å². The Labute approximate surface area is 128 Å². The van der Waals surface area contributed by atoms with Crippen molar-refractivity contribution < 1.29 is 13.2 Å². The summed E-state index contributed by atoms with van der Waals surface area (Å²) < 4.78 is 38.9. The number of likely N-dealkylation sites (tertiary alicyclic amines) is 1. The molecule has 2 aliphatic rings. The SMILES string of the molecule is CC1CCCN1C1CCN(c2ccc(N)c(C(F)(F)F)c2)C1. The van der Waals surface area contributed by atoms with Crippen LogP contribution in [0.3, 0.4) is 0 Å². The molecule has 3 nitrogen and oxygen atoms in total. The fraction of sp³-hybridized carbons (Fsp3) is 0.625. The first-order chi connectivity index (χ1) is 10.4. The summed E-state index contributed by atoms with van der Waals surface area (Å²) >= 11 is 0. The smallest absolute Gasteiger partial charge is 0.398 e. The van der Waals surface area contributed by atoms with Crippen molar-refractivity contribution in [1.82, 2.24) is 4.90 Å². The molecule has 2 heterocycles. The molecule has 0 amide bonds. The van der Waals surface area contributed by atoms with Crippen LogP contribution in [0.2, 0.25) is 0 Å². The van der Waals surface area contributed by atoms with Crippen LogP contribution in [0.25, 0.3) is 0 Å². The molecule has 1 aromatic carbocycles. The van der Waals surface area contributed by atoms with Gasteiger partial charge in [-0.2, -0.15) is 13.2 Å². The van der Waals surface area contributed by atoms with Gasteiger partial charge < -0.3 is 10.6 Å². The number of nitrogens with two attached hydrogens (primary N) is 1. The summed E-state index contributed by atoms with van der Waals surface area (Å²) in [6.45, 7) is 4.94. The maximum absolute atomic E-state index is 13.0. The quantitative estimate of drug-likeness (QED) is 0.850. The van der Waals surface area contributed by atoms with E-state index in [2.05, 4.69) is 11.8 Å². The molecule has 1 aromatic rings. The normalized spacial score (nSPS) is 26.8. The minimum atomic E-state index is -4.40. The van der Waals surface area contributed by atoms with E-state index < -0.39 is 11.7 Å². The molecule has 3 rings (SSSR count). The summed E-state index contributed by atoms with van der Waals surface area (Å²) in [5.41, 5.74) is 5.15. The molecule has 0 bridgehead atoms. The minimum absolute atomic E-state index is 0.208. The first-order valence-corrected chi connectivity index (χ1v) is 7.83. The van der Waals surface area contributed by atoms with Crippen molar-refractivity contribution in [3.63, 3.8) is 0 Å². The molecule has 6 heteroatoms. The maximum Gasteiger partial charge on any atom is 0.418 e. The van der Waals surface area contributed by atoms with Gasteiger partial charge in [0.05, 0.1) is 5.56 Å². The molecule has 2 saturated heterocycles. The number of hydrogen-bond donors (Lipinski definition) is 1. The van der Waals surface area contributed by atoms with Crippen LogP contribution in [0.1, 0.15) is 31.7 Å². The molecule has 0 aromatic heterocycles. The molecule has 2 unspecified atom stereocenters. The Bertz CT molecular complexity index is 544. The molecule has 2 fully saturated rings. The first-order valence-electron chi connectivity index (χ1n) is 7.83. The van der Waals surface area contributed by atoms with Crippen LogP contribution in [0.15, 0.2) is 18.2 Å². The highest BCUT2D eigenvalue weighted by Crippen LogP contribution is 2.37. The molecule has 0 radical (unpaired) electrons. The molecule has 2 aliphatic heterocycles. The summed E-state index contributed by atoms with van der Waals surface area (Å²) in [5.74, 6) is 0. The van der Waals surface area contributed by atoms with Gasteiger partial charge in [0, 0.05) is 36.5 Å². The van der Waals surface area contributed by atoms with Crippen LogP contribution in [-0.4, -0.2) is 36.6 Å². The molecule has 22 heavy (non-hydrogen) atoms. The highest BCUT2D eigenvalue weighted by molar-refractivity contribution is 5.60. The number of nitrogen functional groups attached to an aromatic ring is 1. The van der Waals surface area contributed by atoms with Gasteiger partial charge in [-0.3, -0.25) is 4.90 Å². The number of benzene rings is 1. The monoisotopic (exact) mass is 313 g/mol. The average Bonchev–Trinajstić information content (AvgIpc) is 3.06. The summed E-state index contributed by atoms with van der Waals surface area (Å²) in [6.07, 6.45) is -0.951. The zero-order valence-corrected chi connectivity index (χ0v) is 12.7. The second-order valence-corrected chi connectivity index (χ2v) is 6.39. The van der Waals surface area contributed by atoms with E-state index in [-0.39, 0.29) is 5.69 Å². The van der Waals surface area contributed by atoms with Crippen molar-refractivity contribution >= 4 is 11.4 Å². The highest BCUT2D eigenvalue weighted by atomic mass is 19.4. The van der Waals surface area contributed by atoms with E-state index in [0.717, 1.165) is 26.1 Å². The van der Waals surface area contributed by atoms with Crippen LogP contribution in [0, 0.1) is 0 Å². The highest BCUT2D eigenvalue weighted by Gasteiger charge is 2.36. The predicted octanol–water partition coefficient (Wildman–Crippen LogP) is 3.35. The van der Waals surface area contributed by atoms with Crippen LogP contribution in [0.4, 0.5) is 24.5 Å². The lowest BCUT2D eigenvalue weighted by Crippen LogP contribution is -2.39. The Morgan fingerprint density at radius 3 is 2.59 bits per heavy atom. The summed E-state index contributed by atoms with van der Waals surface area (Å²) in [6, 6.07) is 5.28.